The smallest absolute Gasteiger partial charge is 0.326 e. The number of nitrogens with one attached hydrogen (secondary N) is 1. The van der Waals surface area contributed by atoms with Crippen LogP contribution in [0.4, 0.5) is 4.39 Å². The molecule has 0 amide bonds. The zero-order valence-corrected chi connectivity index (χ0v) is 18.3. The van der Waals surface area contributed by atoms with E-state index in [0.29, 0.717) is 36.3 Å². The Hall–Kier alpha value is -1.63. The summed E-state index contributed by atoms with van der Waals surface area (Å²) >= 11 is 9.92. The van der Waals surface area contributed by atoms with Gasteiger partial charge in [0, 0.05) is 22.1 Å². The summed E-state index contributed by atoms with van der Waals surface area (Å²) < 4.78 is 26.7. The van der Waals surface area contributed by atoms with Gasteiger partial charge in [-0.1, -0.05) is 39.7 Å². The number of benzene rings is 2. The third-order valence-electron chi connectivity index (χ3n) is 5.05. The van der Waals surface area contributed by atoms with Crippen molar-refractivity contribution < 1.29 is 18.7 Å². The van der Waals surface area contributed by atoms with E-state index in [9.17, 15) is 4.79 Å². The molecule has 1 fully saturated rings. The van der Waals surface area contributed by atoms with Gasteiger partial charge in [-0.2, -0.15) is 0 Å². The van der Waals surface area contributed by atoms with Gasteiger partial charge in [-0.25, -0.2) is 4.39 Å². The van der Waals surface area contributed by atoms with E-state index in [0.717, 1.165) is 15.6 Å². The number of esters is 1. The Bertz CT molecular complexity index is 915. The maximum Gasteiger partial charge on any atom is 0.326 e. The van der Waals surface area contributed by atoms with E-state index in [2.05, 4.69) is 21.2 Å². The minimum Gasteiger partial charge on any atom is -0.493 e. The average molecular weight is 471 g/mol. The minimum atomic E-state index is -0.739. The highest BCUT2D eigenvalue weighted by Gasteiger charge is 2.51. The molecule has 2 aromatic carbocycles. The van der Waals surface area contributed by atoms with Gasteiger partial charge >= 0.3 is 5.97 Å². The number of rotatable bonds is 7. The molecule has 150 valence electrons. The van der Waals surface area contributed by atoms with Crippen LogP contribution in [0.15, 0.2) is 28.7 Å². The lowest BCUT2D eigenvalue weighted by Crippen LogP contribution is -2.39. The molecule has 0 bridgehead atoms. The van der Waals surface area contributed by atoms with Gasteiger partial charge in [-0.3, -0.25) is 10.1 Å². The van der Waals surface area contributed by atoms with Crippen LogP contribution in [0.1, 0.15) is 30.9 Å². The van der Waals surface area contributed by atoms with Crippen molar-refractivity contribution >= 4 is 33.5 Å². The van der Waals surface area contributed by atoms with Crippen molar-refractivity contribution in [3.63, 3.8) is 0 Å². The molecule has 1 aliphatic rings. The summed E-state index contributed by atoms with van der Waals surface area (Å²) in [4.78, 5) is 11.9. The summed E-state index contributed by atoms with van der Waals surface area (Å²) in [5, 5.41) is 3.15. The van der Waals surface area contributed by atoms with Crippen molar-refractivity contribution in [3.8, 4) is 16.9 Å². The predicted molar refractivity (Wildman–Crippen MR) is 111 cm³/mol. The van der Waals surface area contributed by atoms with E-state index in [1.165, 1.54) is 7.11 Å². The van der Waals surface area contributed by atoms with Crippen molar-refractivity contribution in [1.29, 1.82) is 0 Å². The highest BCUT2D eigenvalue weighted by molar-refractivity contribution is 9.10. The number of methoxy groups -OCH3 is 1. The van der Waals surface area contributed by atoms with Gasteiger partial charge in [0.15, 0.2) is 5.82 Å². The Morgan fingerprint density at radius 2 is 2.07 bits per heavy atom. The first-order valence-corrected chi connectivity index (χ1v) is 10.2. The minimum absolute atomic E-state index is 0.0318. The summed E-state index contributed by atoms with van der Waals surface area (Å²) in [6.45, 7) is 4.28. The van der Waals surface area contributed by atoms with E-state index in [1.54, 1.807) is 6.07 Å². The molecular formula is C21H22BrClFNO3. The first-order chi connectivity index (χ1) is 13.3. The molecule has 0 saturated heterocycles. The van der Waals surface area contributed by atoms with Crippen molar-refractivity contribution in [2.45, 2.75) is 38.8 Å². The molecule has 4 nitrogen and oxygen atoms in total. The van der Waals surface area contributed by atoms with Crippen LogP contribution < -0.4 is 10.1 Å². The van der Waals surface area contributed by atoms with Gasteiger partial charge in [0.1, 0.15) is 11.3 Å². The molecule has 0 heterocycles. The van der Waals surface area contributed by atoms with E-state index >= 15 is 4.39 Å². The first kappa shape index (κ1) is 21.1. The molecule has 1 saturated carbocycles. The van der Waals surface area contributed by atoms with Gasteiger partial charge in [0.05, 0.1) is 18.7 Å². The molecule has 7 heteroatoms. The molecule has 3 rings (SSSR count). The molecule has 0 atom stereocenters. The molecule has 0 aliphatic heterocycles. The van der Waals surface area contributed by atoms with Crippen LogP contribution in [0.3, 0.4) is 0 Å². The van der Waals surface area contributed by atoms with Gasteiger partial charge in [-0.05, 0) is 49.9 Å². The summed E-state index contributed by atoms with van der Waals surface area (Å²) in [7, 11) is 1.35. The second-order valence-electron chi connectivity index (χ2n) is 6.80. The van der Waals surface area contributed by atoms with Gasteiger partial charge < -0.3 is 9.47 Å². The van der Waals surface area contributed by atoms with Crippen LogP contribution in [0.25, 0.3) is 11.1 Å². The first-order valence-electron chi connectivity index (χ1n) is 9.07. The fourth-order valence-corrected chi connectivity index (χ4v) is 3.85. The molecule has 0 spiro atoms. The summed E-state index contributed by atoms with van der Waals surface area (Å²) in [6, 6.07) is 7.46. The molecule has 0 unspecified atom stereocenters. The average Bonchev–Trinajstić information content (AvgIpc) is 3.47. The summed E-state index contributed by atoms with van der Waals surface area (Å²) in [5.41, 5.74) is 1.92. The van der Waals surface area contributed by atoms with Crippen LogP contribution in [0.5, 0.6) is 5.75 Å². The van der Waals surface area contributed by atoms with Crippen LogP contribution in [-0.2, 0) is 16.1 Å². The lowest BCUT2D eigenvalue weighted by molar-refractivity contribution is -0.144. The lowest BCUT2D eigenvalue weighted by Gasteiger charge is -2.20. The second-order valence-corrected chi connectivity index (χ2v) is 8.03. The van der Waals surface area contributed by atoms with Crippen LogP contribution in [0.2, 0.25) is 5.02 Å². The summed E-state index contributed by atoms with van der Waals surface area (Å²) in [5.74, 6) is -0.472. The zero-order chi connectivity index (χ0) is 20.5. The normalized spacial score (nSPS) is 14.6. The lowest BCUT2D eigenvalue weighted by atomic mass is 9.98. The van der Waals surface area contributed by atoms with E-state index in [-0.39, 0.29) is 17.5 Å². The molecule has 28 heavy (non-hydrogen) atoms. The largest absolute Gasteiger partial charge is 0.493 e. The Balaban J connectivity index is 2.01. The Morgan fingerprint density at radius 3 is 2.68 bits per heavy atom. The van der Waals surface area contributed by atoms with Crippen molar-refractivity contribution in [1.82, 2.24) is 5.32 Å². The van der Waals surface area contributed by atoms with Gasteiger partial charge in [0.25, 0.3) is 0 Å². The molecule has 0 aromatic heterocycles. The monoisotopic (exact) mass is 469 g/mol. The summed E-state index contributed by atoms with van der Waals surface area (Å²) in [6.07, 6.45) is 1.32. The van der Waals surface area contributed by atoms with E-state index < -0.39 is 11.4 Å². The highest BCUT2D eigenvalue weighted by Crippen LogP contribution is 2.41. The maximum atomic E-state index is 15.3. The Labute approximate surface area is 177 Å². The number of carbonyl (C=O) groups is 1. The number of carbonyl (C=O) groups excluding carboxylic acids is 1. The van der Waals surface area contributed by atoms with Crippen molar-refractivity contribution in [2.75, 3.05) is 13.7 Å². The number of hydrogen-bond donors (Lipinski definition) is 1. The standard InChI is InChI=1S/C21H22BrClFNO3/c1-4-28-17-10-14(13-6-5-7-16(22)12(13)2)18(23)19(24)15(17)11-25-21(8-9-21)20(26)27-3/h5-7,10,25H,4,8-9,11H2,1-3H3. The van der Waals surface area contributed by atoms with Crippen molar-refractivity contribution in [2.24, 2.45) is 0 Å². The number of hydrogen-bond acceptors (Lipinski definition) is 4. The quantitative estimate of drug-likeness (QED) is 0.550. The van der Waals surface area contributed by atoms with Crippen LogP contribution in [-0.4, -0.2) is 25.2 Å². The molecular weight excluding hydrogens is 449 g/mol. The maximum absolute atomic E-state index is 15.3. The highest BCUT2D eigenvalue weighted by atomic mass is 79.9. The topological polar surface area (TPSA) is 47.6 Å². The predicted octanol–water partition coefficient (Wildman–Crippen LogP) is 5.41. The number of ether oxygens (including phenoxy) is 2. The van der Waals surface area contributed by atoms with Crippen LogP contribution in [0, 0.1) is 12.7 Å². The van der Waals surface area contributed by atoms with Crippen molar-refractivity contribution in [3.05, 3.63) is 50.7 Å². The molecule has 1 aliphatic carbocycles. The fourth-order valence-electron chi connectivity index (χ4n) is 3.22. The second kappa shape index (κ2) is 8.39. The van der Waals surface area contributed by atoms with E-state index in [1.807, 2.05) is 32.0 Å². The third kappa shape index (κ3) is 3.91. The van der Waals surface area contributed by atoms with E-state index in [4.69, 9.17) is 21.1 Å². The molecule has 1 N–H and O–H groups in total. The molecule has 2 aromatic rings. The number of halogens is 3. The van der Waals surface area contributed by atoms with Crippen LogP contribution >= 0.6 is 27.5 Å². The fraction of sp³-hybridized carbons (Fsp3) is 0.381. The zero-order valence-electron chi connectivity index (χ0n) is 16.0. The SMILES string of the molecule is CCOc1cc(-c2cccc(Br)c2C)c(Cl)c(F)c1CNC1(C(=O)OC)CC1. The van der Waals surface area contributed by atoms with Gasteiger partial charge in [0.2, 0.25) is 0 Å². The Kier molecular flexibility index (Phi) is 6.32. The van der Waals surface area contributed by atoms with Gasteiger partial charge in [-0.15, -0.1) is 0 Å². The molecule has 0 radical (unpaired) electrons. The third-order valence-corrected chi connectivity index (χ3v) is 6.28. The Morgan fingerprint density at radius 1 is 1.36 bits per heavy atom.